The second kappa shape index (κ2) is 12.0. The van der Waals surface area contributed by atoms with Crippen LogP contribution < -0.4 is 0 Å². The van der Waals surface area contributed by atoms with Crippen molar-refractivity contribution >= 4 is 43.5 Å². The van der Waals surface area contributed by atoms with Gasteiger partial charge in [-0.2, -0.15) is 0 Å². The Morgan fingerprint density at radius 1 is 0.333 bits per heavy atom. The quantitative estimate of drug-likeness (QED) is 0.167. The van der Waals surface area contributed by atoms with Crippen LogP contribution in [0.1, 0.15) is 19.2 Å². The minimum absolute atomic E-state index is 0.00268. The third-order valence-electron chi connectivity index (χ3n) is 9.32. The summed E-state index contributed by atoms with van der Waals surface area (Å²) >= 11 is 0. The number of benzene rings is 9. The van der Waals surface area contributed by atoms with Crippen molar-refractivity contribution in [3.63, 3.8) is 0 Å². The Labute approximate surface area is 316 Å². The van der Waals surface area contributed by atoms with Crippen LogP contribution in [-0.4, -0.2) is 0 Å². The highest BCUT2D eigenvalue weighted by Gasteiger charge is 2.20. The van der Waals surface area contributed by atoms with Gasteiger partial charge < -0.3 is 4.42 Å². The number of furan rings is 1. The van der Waals surface area contributed by atoms with E-state index in [9.17, 15) is 0 Å². The molecule has 1 aromatic heterocycles. The van der Waals surface area contributed by atoms with Gasteiger partial charge in [0.15, 0.2) is 0 Å². The first-order valence-corrected chi connectivity index (χ1v) is 16.4. The molecule has 0 aliphatic carbocycles. The van der Waals surface area contributed by atoms with Crippen LogP contribution in [0.5, 0.6) is 0 Å². The third-order valence-corrected chi connectivity index (χ3v) is 9.32. The van der Waals surface area contributed by atoms with Gasteiger partial charge in [-0.05, 0) is 95.4 Å². The highest BCUT2D eigenvalue weighted by atomic mass is 16.3. The zero-order valence-electron chi connectivity index (χ0n) is 40.8. The minimum Gasteiger partial charge on any atom is -0.456 e. The summed E-state index contributed by atoms with van der Waals surface area (Å²) in [6, 6.07) is 27.4. The minimum atomic E-state index is -0.637. The number of rotatable bonds is 5. The molecular formula is C50H32O. The smallest absolute Gasteiger partial charge is 0.136 e. The van der Waals surface area contributed by atoms with Crippen LogP contribution in [0.2, 0.25) is 0 Å². The van der Waals surface area contributed by atoms with E-state index in [2.05, 4.69) is 12.1 Å². The van der Waals surface area contributed by atoms with Crippen LogP contribution in [0.25, 0.3) is 99.1 Å². The predicted octanol–water partition coefficient (Wildman–Crippen LogP) is 14.2. The molecule has 10 rings (SSSR count). The van der Waals surface area contributed by atoms with Crippen molar-refractivity contribution in [2.45, 2.75) is 0 Å². The lowest BCUT2D eigenvalue weighted by molar-refractivity contribution is 0.669. The van der Waals surface area contributed by atoms with E-state index in [0.717, 1.165) is 49.2 Å². The van der Waals surface area contributed by atoms with Crippen molar-refractivity contribution in [3.05, 3.63) is 194 Å². The summed E-state index contributed by atoms with van der Waals surface area (Å²) < 4.78 is 125. The lowest BCUT2D eigenvalue weighted by Crippen LogP contribution is -1.91. The average Bonchev–Trinajstić information content (AvgIpc) is 3.70. The van der Waals surface area contributed by atoms with Crippen molar-refractivity contribution in [3.8, 4) is 55.6 Å². The Hall–Kier alpha value is -6.70. The summed E-state index contributed by atoms with van der Waals surface area (Å²) in [6.07, 6.45) is 0. The van der Waals surface area contributed by atoms with Gasteiger partial charge in [0.2, 0.25) is 0 Å². The van der Waals surface area contributed by atoms with E-state index in [4.69, 9.17) is 23.6 Å². The van der Waals surface area contributed by atoms with Crippen LogP contribution in [0, 0.1) is 0 Å². The SMILES string of the molecule is [2H]c1c([2H])c([2H])c(-c2ccc3oc4cccc(-c5c6ccccc6c(-c6ccc(-c7c([2H])c([2H])c(-c8c([2H])c([2H])c([2H])c([2H])c8[2H])c([2H])c7[2H])cc6)c6ccccc56)c4c3c2)c([2H])c1[2H]. The molecule has 0 atom stereocenters. The molecule has 9 aromatic carbocycles. The van der Waals surface area contributed by atoms with E-state index in [0.29, 0.717) is 27.7 Å². The van der Waals surface area contributed by atoms with Crippen LogP contribution in [0.15, 0.2) is 198 Å². The lowest BCUT2D eigenvalue weighted by Gasteiger charge is -2.18. The standard InChI is InChI=1S/C50H32O/c1-3-12-33(13-4-1)35-22-24-36(25-23-35)37-26-28-38(29-27-37)48-40-16-7-9-18-42(40)49(43-19-10-8-17-41(43)48)44-20-11-21-47-50(44)45-32-39(30-31-46(45)51-47)34-14-5-2-6-15-34/h1-32H/i1D,2D,3D,4D,5D,6D,12D,13D,14D,15D,22D,23D,24D,25D. The molecule has 0 bridgehead atoms. The van der Waals surface area contributed by atoms with Crippen molar-refractivity contribution in [2.24, 2.45) is 0 Å². The maximum Gasteiger partial charge on any atom is 0.136 e. The van der Waals surface area contributed by atoms with E-state index in [1.54, 1.807) is 24.3 Å². The molecule has 1 nitrogen and oxygen atoms in total. The lowest BCUT2D eigenvalue weighted by atomic mass is 9.84. The van der Waals surface area contributed by atoms with Crippen LogP contribution >= 0.6 is 0 Å². The molecule has 0 aliphatic heterocycles. The molecule has 0 saturated heterocycles. The van der Waals surface area contributed by atoms with Gasteiger partial charge in [0, 0.05) is 10.8 Å². The first-order valence-electron chi connectivity index (χ1n) is 23.4. The molecule has 1 heteroatoms. The van der Waals surface area contributed by atoms with E-state index in [1.165, 1.54) is 0 Å². The van der Waals surface area contributed by atoms with E-state index in [1.807, 2.05) is 72.8 Å². The van der Waals surface area contributed by atoms with Gasteiger partial charge in [-0.3, -0.25) is 0 Å². The molecule has 0 amide bonds. The van der Waals surface area contributed by atoms with Gasteiger partial charge in [-0.25, -0.2) is 0 Å². The van der Waals surface area contributed by atoms with Crippen LogP contribution in [-0.2, 0) is 0 Å². The number of fused-ring (bicyclic) bond motifs is 5. The molecule has 238 valence electrons. The molecule has 0 aliphatic rings. The first-order chi connectivity index (χ1) is 31.1. The third kappa shape index (κ3) is 4.94. The average molecular weight is 663 g/mol. The summed E-state index contributed by atoms with van der Waals surface area (Å²) in [7, 11) is 0. The molecule has 0 unspecified atom stereocenters. The fourth-order valence-corrected chi connectivity index (χ4v) is 7.07. The highest BCUT2D eigenvalue weighted by molar-refractivity contribution is 6.25. The Kier molecular flexibility index (Phi) is 4.32. The summed E-state index contributed by atoms with van der Waals surface area (Å²) in [5.74, 6) is 0. The van der Waals surface area contributed by atoms with E-state index in [-0.39, 0.29) is 28.8 Å². The fourth-order valence-electron chi connectivity index (χ4n) is 7.07. The number of hydrogen-bond donors (Lipinski definition) is 0. The van der Waals surface area contributed by atoms with Gasteiger partial charge >= 0.3 is 0 Å². The topological polar surface area (TPSA) is 13.1 Å². The van der Waals surface area contributed by atoms with Gasteiger partial charge in [0.1, 0.15) is 11.2 Å². The van der Waals surface area contributed by atoms with Gasteiger partial charge in [-0.1, -0.05) is 176 Å². The molecule has 0 fully saturated rings. The molecule has 0 N–H and O–H groups in total. The van der Waals surface area contributed by atoms with Crippen molar-refractivity contribution in [2.75, 3.05) is 0 Å². The zero-order valence-corrected chi connectivity index (χ0v) is 26.8. The number of hydrogen-bond acceptors (Lipinski definition) is 1. The predicted molar refractivity (Wildman–Crippen MR) is 216 cm³/mol. The molecule has 10 aromatic rings. The van der Waals surface area contributed by atoms with E-state index < -0.39 is 78.1 Å². The Morgan fingerprint density at radius 2 is 0.824 bits per heavy atom. The maximum absolute atomic E-state index is 9.00. The zero-order chi connectivity index (χ0) is 45.9. The van der Waals surface area contributed by atoms with Gasteiger partial charge in [-0.15, -0.1) is 0 Å². The largest absolute Gasteiger partial charge is 0.456 e. The normalized spacial score (nSPS) is 15.4. The highest BCUT2D eigenvalue weighted by Crippen LogP contribution is 2.47. The van der Waals surface area contributed by atoms with E-state index >= 15 is 0 Å². The van der Waals surface area contributed by atoms with Crippen LogP contribution in [0.3, 0.4) is 0 Å². The maximum atomic E-state index is 9.00. The second-order valence-corrected chi connectivity index (χ2v) is 12.2. The molecule has 51 heavy (non-hydrogen) atoms. The Balaban J connectivity index is 1.15. The molecule has 0 saturated carbocycles. The molecule has 0 spiro atoms. The van der Waals surface area contributed by atoms with Gasteiger partial charge in [0.05, 0.1) is 19.2 Å². The monoisotopic (exact) mass is 662 g/mol. The summed E-state index contributed by atoms with van der Waals surface area (Å²) in [5.41, 5.74) is 4.88. The molecule has 0 radical (unpaired) electrons. The summed E-state index contributed by atoms with van der Waals surface area (Å²) in [4.78, 5) is 0. The summed E-state index contributed by atoms with van der Waals surface area (Å²) in [5, 5.41) is 5.20. The van der Waals surface area contributed by atoms with Crippen molar-refractivity contribution in [1.82, 2.24) is 0 Å². The first kappa shape index (κ1) is 18.3. The molecular weight excluding hydrogens is 617 g/mol. The molecule has 1 heterocycles. The van der Waals surface area contributed by atoms with Crippen LogP contribution in [0.4, 0.5) is 0 Å². The second-order valence-electron chi connectivity index (χ2n) is 12.2. The van der Waals surface area contributed by atoms with Crippen molar-refractivity contribution in [1.29, 1.82) is 0 Å². The Morgan fingerprint density at radius 3 is 1.43 bits per heavy atom. The van der Waals surface area contributed by atoms with Crippen molar-refractivity contribution < 1.29 is 23.6 Å². The Bertz CT molecular complexity index is 3560. The fraction of sp³-hybridized carbons (Fsp3) is 0. The summed E-state index contributed by atoms with van der Waals surface area (Å²) in [6.45, 7) is 0. The van der Waals surface area contributed by atoms with Gasteiger partial charge in [0.25, 0.3) is 0 Å².